The summed E-state index contributed by atoms with van der Waals surface area (Å²) in [7, 11) is 0. The highest BCUT2D eigenvalue weighted by atomic mass is 14.3. The third kappa shape index (κ3) is 3.98. The van der Waals surface area contributed by atoms with Gasteiger partial charge in [0.1, 0.15) is 0 Å². The molecule has 0 heterocycles. The van der Waals surface area contributed by atoms with Crippen LogP contribution >= 0.6 is 0 Å². The molecule has 1 atom stereocenters. The molecular weight excluding hydrogens is 480 g/mol. The first-order valence-corrected chi connectivity index (χ1v) is 14.5. The molecule has 1 radical (unpaired) electrons. The Labute approximate surface area is 237 Å². The lowest BCUT2D eigenvalue weighted by Gasteiger charge is -2.21. The molecule has 0 N–H and O–H groups in total. The van der Waals surface area contributed by atoms with Crippen LogP contribution in [-0.4, -0.2) is 0 Å². The van der Waals surface area contributed by atoms with E-state index in [1.807, 2.05) is 0 Å². The molecule has 0 fully saturated rings. The lowest BCUT2D eigenvalue weighted by atomic mass is 9.82. The second-order valence-corrected chi connectivity index (χ2v) is 11.0. The Bertz CT molecular complexity index is 1860. The van der Waals surface area contributed by atoms with Gasteiger partial charge in [-0.2, -0.15) is 0 Å². The van der Waals surface area contributed by atoms with E-state index in [0.29, 0.717) is 0 Å². The fourth-order valence-electron chi connectivity index (χ4n) is 6.68. The standard InChI is InChI=1S/C40H33/c1-4-27-17-20-33-31(23-27)24-37-36(33)25-38(39(29-12-8-6-9-13-29)30-14-10-7-11-15-30)32(5-2)40(37)34-21-19-28-18-16-26(3)22-35(28)34/h6-23,25,34H,4-5H2,1-3H3. The van der Waals surface area contributed by atoms with Crippen LogP contribution in [0, 0.1) is 6.92 Å². The average molecular weight is 514 g/mol. The van der Waals surface area contributed by atoms with Gasteiger partial charge in [-0.05, 0) is 104 Å². The monoisotopic (exact) mass is 513 g/mol. The molecular formula is C40H33. The zero-order valence-corrected chi connectivity index (χ0v) is 23.5. The molecule has 7 rings (SSSR count). The lowest BCUT2D eigenvalue weighted by molar-refractivity contribution is 0.966. The fourth-order valence-corrected chi connectivity index (χ4v) is 6.68. The molecule has 0 spiro atoms. The maximum Gasteiger partial charge on any atom is 0.0288 e. The quantitative estimate of drug-likeness (QED) is 0.218. The molecule has 0 saturated heterocycles. The van der Waals surface area contributed by atoms with Gasteiger partial charge in [-0.1, -0.05) is 129 Å². The zero-order valence-electron chi connectivity index (χ0n) is 23.5. The summed E-state index contributed by atoms with van der Waals surface area (Å²) in [6.45, 7) is 6.75. The minimum absolute atomic E-state index is 0.207. The van der Waals surface area contributed by atoms with Crippen molar-refractivity contribution < 1.29 is 0 Å². The van der Waals surface area contributed by atoms with Crippen LogP contribution in [0.2, 0.25) is 0 Å². The second kappa shape index (κ2) is 9.96. The van der Waals surface area contributed by atoms with Gasteiger partial charge in [0.25, 0.3) is 0 Å². The molecule has 5 aromatic carbocycles. The summed E-state index contributed by atoms with van der Waals surface area (Å²) in [6.07, 6.45) is 10.6. The second-order valence-electron chi connectivity index (χ2n) is 11.0. The third-order valence-corrected chi connectivity index (χ3v) is 8.62. The van der Waals surface area contributed by atoms with Crippen molar-refractivity contribution in [2.24, 2.45) is 0 Å². The van der Waals surface area contributed by atoms with Crippen molar-refractivity contribution in [3.8, 4) is 11.1 Å². The molecule has 0 aromatic heterocycles. The summed E-state index contributed by atoms with van der Waals surface area (Å²) < 4.78 is 0. The van der Waals surface area contributed by atoms with E-state index in [1.54, 1.807) is 0 Å². The topological polar surface area (TPSA) is 0 Å². The molecule has 1 unspecified atom stereocenters. The van der Waals surface area contributed by atoms with E-state index >= 15 is 0 Å². The summed E-state index contributed by atoms with van der Waals surface area (Å²) in [5.41, 5.74) is 15.9. The van der Waals surface area contributed by atoms with Crippen LogP contribution in [-0.2, 0) is 12.8 Å². The van der Waals surface area contributed by atoms with Crippen molar-refractivity contribution >= 4 is 17.7 Å². The minimum atomic E-state index is 0.207. The number of hydrogen-bond donors (Lipinski definition) is 0. The van der Waals surface area contributed by atoms with Gasteiger partial charge in [0.15, 0.2) is 0 Å². The van der Waals surface area contributed by atoms with Crippen molar-refractivity contribution in [1.82, 2.24) is 0 Å². The summed E-state index contributed by atoms with van der Waals surface area (Å²) in [4.78, 5) is 0. The Balaban J connectivity index is 1.65. The van der Waals surface area contributed by atoms with Gasteiger partial charge in [-0.15, -0.1) is 0 Å². The molecule has 0 heteroatoms. The number of benzene rings is 5. The smallest absolute Gasteiger partial charge is 0.0288 e. The van der Waals surface area contributed by atoms with E-state index in [4.69, 9.17) is 0 Å². The van der Waals surface area contributed by atoms with Crippen LogP contribution < -0.4 is 10.4 Å². The zero-order chi connectivity index (χ0) is 27.2. The molecule has 40 heavy (non-hydrogen) atoms. The van der Waals surface area contributed by atoms with E-state index < -0.39 is 0 Å². The summed E-state index contributed by atoms with van der Waals surface area (Å²) in [6, 6.07) is 38.1. The average Bonchev–Trinajstić information content (AvgIpc) is 3.58. The van der Waals surface area contributed by atoms with Crippen LogP contribution in [0.5, 0.6) is 0 Å². The highest BCUT2D eigenvalue weighted by molar-refractivity contribution is 5.88. The molecule has 193 valence electrons. The molecule has 0 bridgehead atoms. The number of allylic oxidation sites excluding steroid dienone is 1. The van der Waals surface area contributed by atoms with Crippen LogP contribution in [0.3, 0.4) is 0 Å². The number of hydrogen-bond acceptors (Lipinski definition) is 0. The van der Waals surface area contributed by atoms with E-state index in [0.717, 1.165) is 12.8 Å². The van der Waals surface area contributed by atoms with Gasteiger partial charge in [-0.25, -0.2) is 0 Å². The molecule has 2 aliphatic carbocycles. The van der Waals surface area contributed by atoms with E-state index in [2.05, 4.69) is 142 Å². The normalized spacial score (nSPS) is 14.4. The largest absolute Gasteiger partial charge is 0.0720 e. The Morgan fingerprint density at radius 2 is 1.45 bits per heavy atom. The van der Waals surface area contributed by atoms with Gasteiger partial charge in [-0.3, -0.25) is 0 Å². The van der Waals surface area contributed by atoms with Crippen molar-refractivity contribution in [2.45, 2.75) is 39.5 Å². The molecule has 0 amide bonds. The van der Waals surface area contributed by atoms with E-state index in [9.17, 15) is 0 Å². The van der Waals surface area contributed by atoms with Crippen molar-refractivity contribution in [1.29, 1.82) is 0 Å². The first-order chi connectivity index (χ1) is 19.7. The van der Waals surface area contributed by atoms with Crippen LogP contribution in [0.4, 0.5) is 0 Å². The number of rotatable bonds is 5. The predicted octanol–water partition coefficient (Wildman–Crippen LogP) is 8.21. The Morgan fingerprint density at radius 3 is 2.12 bits per heavy atom. The first kappa shape index (κ1) is 24.6. The van der Waals surface area contributed by atoms with Crippen LogP contribution in [0.1, 0.15) is 69.8 Å². The van der Waals surface area contributed by atoms with E-state index in [1.165, 1.54) is 77.2 Å². The van der Waals surface area contributed by atoms with Gasteiger partial charge >= 0.3 is 0 Å². The predicted molar refractivity (Wildman–Crippen MR) is 169 cm³/mol. The first-order valence-electron chi connectivity index (χ1n) is 14.5. The molecule has 5 aromatic rings. The third-order valence-electron chi connectivity index (χ3n) is 8.62. The summed E-state index contributed by atoms with van der Waals surface area (Å²) in [5, 5.41) is 2.60. The molecule has 2 aliphatic rings. The van der Waals surface area contributed by atoms with Crippen molar-refractivity contribution in [2.75, 3.05) is 0 Å². The fraction of sp³-hybridized carbons (Fsp3) is 0.150. The number of aryl methyl sites for hydroxylation is 2. The summed E-state index contributed by atoms with van der Waals surface area (Å²) in [5.74, 6) is 0.207. The maximum atomic E-state index is 3.92. The molecule has 0 saturated carbocycles. The van der Waals surface area contributed by atoms with E-state index in [-0.39, 0.29) is 5.92 Å². The number of fused-ring (bicyclic) bond motifs is 4. The van der Waals surface area contributed by atoms with Gasteiger partial charge in [0, 0.05) is 5.92 Å². The van der Waals surface area contributed by atoms with Crippen molar-refractivity contribution in [3.63, 3.8) is 0 Å². The highest BCUT2D eigenvalue weighted by Crippen LogP contribution is 2.38. The molecule has 0 aliphatic heterocycles. The lowest BCUT2D eigenvalue weighted by Crippen LogP contribution is -2.27. The highest BCUT2D eigenvalue weighted by Gasteiger charge is 2.27. The summed E-state index contributed by atoms with van der Waals surface area (Å²) >= 11 is 0. The Morgan fingerprint density at radius 1 is 0.725 bits per heavy atom. The minimum Gasteiger partial charge on any atom is -0.0720 e. The van der Waals surface area contributed by atoms with Crippen LogP contribution in [0.25, 0.3) is 28.9 Å². The molecule has 0 nitrogen and oxygen atoms in total. The maximum absolute atomic E-state index is 3.92. The van der Waals surface area contributed by atoms with Crippen molar-refractivity contribution in [3.05, 3.63) is 170 Å². The Hall–Kier alpha value is -4.42. The van der Waals surface area contributed by atoms with Gasteiger partial charge in [0.2, 0.25) is 0 Å². The van der Waals surface area contributed by atoms with Gasteiger partial charge in [0.05, 0.1) is 0 Å². The van der Waals surface area contributed by atoms with Gasteiger partial charge < -0.3 is 0 Å². The SMILES string of the molecule is CCc1ccc2c(c1)[C]=c1c-2cc(=C(c2ccccc2)c2ccccc2)c(CC)c1C1C=Cc2ccc(C)cc21. The Kier molecular flexibility index (Phi) is 6.13. The van der Waals surface area contributed by atoms with Crippen LogP contribution in [0.15, 0.2) is 109 Å².